The van der Waals surface area contributed by atoms with E-state index in [1.54, 1.807) is 6.07 Å². The van der Waals surface area contributed by atoms with Gasteiger partial charge >= 0.3 is 18.1 Å². The summed E-state index contributed by atoms with van der Waals surface area (Å²) in [5.41, 5.74) is 4.30. The second-order valence-electron chi connectivity index (χ2n) is 8.92. The monoisotopic (exact) mass is 595 g/mol. The van der Waals surface area contributed by atoms with Gasteiger partial charge in [0.15, 0.2) is 15.6 Å². The van der Waals surface area contributed by atoms with Crippen LogP contribution >= 0.6 is 22.9 Å². The third-order valence-electron chi connectivity index (χ3n) is 6.00. The maximum atomic E-state index is 13.1. The summed E-state index contributed by atoms with van der Waals surface area (Å²) < 4.78 is 38.2. The van der Waals surface area contributed by atoms with E-state index < -0.39 is 18.1 Å². The third-order valence-corrected chi connectivity index (χ3v) is 7.09. The normalized spacial score (nSPS) is 13.4. The lowest BCUT2D eigenvalue weighted by Gasteiger charge is -2.20. The zero-order valence-electron chi connectivity index (χ0n) is 20.9. The standard InChI is InChI=1S/C24H20ClN3O4S.C2HF3O2/c1-12-7-16(13(2)26-22-20(23(30)31)27-24(25)33-22)21-17(8-12)18(29)9-19(32-21)28-10-14-5-3-4-6-15(14)11-28;3-2(4,5)1(6)7/h3-9,13,26H,10-11H2,1-2H3,(H,30,31);(H,6,7). The molecule has 0 saturated heterocycles. The summed E-state index contributed by atoms with van der Waals surface area (Å²) in [5.74, 6) is -3.41. The van der Waals surface area contributed by atoms with Gasteiger partial charge in [-0.15, -0.1) is 0 Å². The Bertz CT molecular complexity index is 1640. The number of nitrogens with one attached hydrogen (secondary N) is 1. The summed E-state index contributed by atoms with van der Waals surface area (Å²) in [7, 11) is 0. The lowest BCUT2D eigenvalue weighted by molar-refractivity contribution is -0.192. The summed E-state index contributed by atoms with van der Waals surface area (Å²) >= 11 is 7.01. The number of aryl methyl sites for hydroxylation is 1. The van der Waals surface area contributed by atoms with E-state index in [2.05, 4.69) is 22.4 Å². The van der Waals surface area contributed by atoms with Crippen LogP contribution in [0, 0.1) is 6.92 Å². The molecule has 0 aliphatic carbocycles. The van der Waals surface area contributed by atoms with Crippen LogP contribution < -0.4 is 15.6 Å². The van der Waals surface area contributed by atoms with Crippen molar-refractivity contribution < 1.29 is 37.4 Å². The molecule has 0 fully saturated rings. The van der Waals surface area contributed by atoms with Crippen molar-refractivity contribution in [1.29, 1.82) is 0 Å². The molecule has 1 aliphatic heterocycles. The number of aromatic carboxylic acids is 1. The summed E-state index contributed by atoms with van der Waals surface area (Å²) in [6, 6.07) is 13.1. The molecule has 0 radical (unpaired) electrons. The first-order valence-corrected chi connectivity index (χ1v) is 12.8. The molecule has 3 heterocycles. The predicted octanol–water partition coefficient (Wildman–Crippen LogP) is 6.24. The van der Waals surface area contributed by atoms with E-state index in [4.69, 9.17) is 25.9 Å². The van der Waals surface area contributed by atoms with E-state index in [1.807, 2.05) is 43.0 Å². The Morgan fingerprint density at radius 1 is 1.15 bits per heavy atom. The molecule has 210 valence electrons. The summed E-state index contributed by atoms with van der Waals surface area (Å²) in [5, 5.41) is 20.6. The minimum absolute atomic E-state index is 0.119. The van der Waals surface area contributed by atoms with Gasteiger partial charge in [0.2, 0.25) is 5.88 Å². The first-order chi connectivity index (χ1) is 18.7. The number of nitrogens with zero attached hydrogens (tertiary/aromatic N) is 2. The van der Waals surface area contributed by atoms with Crippen molar-refractivity contribution in [3.05, 3.63) is 85.1 Å². The van der Waals surface area contributed by atoms with Gasteiger partial charge in [0.05, 0.1) is 11.4 Å². The third kappa shape index (κ3) is 6.20. The van der Waals surface area contributed by atoms with Gasteiger partial charge < -0.3 is 24.8 Å². The molecule has 0 amide bonds. The van der Waals surface area contributed by atoms with Gasteiger partial charge in [-0.2, -0.15) is 13.2 Å². The van der Waals surface area contributed by atoms with Crippen LogP contribution in [0.15, 0.2) is 51.7 Å². The molecule has 3 N–H and O–H groups in total. The van der Waals surface area contributed by atoms with Gasteiger partial charge in [0, 0.05) is 24.7 Å². The smallest absolute Gasteiger partial charge is 0.476 e. The topological polar surface area (TPSA) is 133 Å². The van der Waals surface area contributed by atoms with Gasteiger partial charge in [-0.3, -0.25) is 4.79 Å². The molecule has 0 spiro atoms. The number of rotatable bonds is 5. The van der Waals surface area contributed by atoms with Crippen molar-refractivity contribution >= 4 is 56.7 Å². The molecular formula is C26H21ClF3N3O6S. The van der Waals surface area contributed by atoms with E-state index in [0.29, 0.717) is 34.9 Å². The van der Waals surface area contributed by atoms with Crippen LogP contribution in [-0.2, 0) is 17.9 Å². The van der Waals surface area contributed by atoms with Gasteiger partial charge in [0.1, 0.15) is 10.6 Å². The van der Waals surface area contributed by atoms with E-state index in [9.17, 15) is 27.9 Å². The zero-order chi connectivity index (χ0) is 29.4. The maximum absolute atomic E-state index is 13.1. The van der Waals surface area contributed by atoms with E-state index in [0.717, 1.165) is 22.5 Å². The number of aliphatic carboxylic acids is 1. The molecule has 14 heteroatoms. The molecule has 2 aromatic heterocycles. The summed E-state index contributed by atoms with van der Waals surface area (Å²) in [6.45, 7) is 5.13. The van der Waals surface area contributed by atoms with Crippen LogP contribution in [0.2, 0.25) is 4.47 Å². The number of carboxylic acids is 2. The van der Waals surface area contributed by atoms with Gasteiger partial charge in [-0.25, -0.2) is 14.6 Å². The Morgan fingerprint density at radius 3 is 2.30 bits per heavy atom. The highest BCUT2D eigenvalue weighted by Crippen LogP contribution is 2.35. The number of hydrogen-bond acceptors (Lipinski definition) is 8. The van der Waals surface area contributed by atoms with Crippen LogP contribution in [-0.4, -0.2) is 33.3 Å². The number of hydrogen-bond donors (Lipinski definition) is 3. The van der Waals surface area contributed by atoms with Crippen molar-refractivity contribution in [2.24, 2.45) is 0 Å². The maximum Gasteiger partial charge on any atom is 0.490 e. The molecule has 5 rings (SSSR count). The predicted molar refractivity (Wildman–Crippen MR) is 143 cm³/mol. The second kappa shape index (κ2) is 11.2. The fraction of sp³-hybridized carbons (Fsp3) is 0.231. The average molecular weight is 596 g/mol. The molecular weight excluding hydrogens is 575 g/mol. The van der Waals surface area contributed by atoms with Gasteiger partial charge in [0.25, 0.3) is 0 Å². The average Bonchev–Trinajstić information content (AvgIpc) is 3.47. The molecule has 0 bridgehead atoms. The van der Waals surface area contributed by atoms with Crippen molar-refractivity contribution in [3.8, 4) is 0 Å². The number of fused-ring (bicyclic) bond motifs is 2. The number of thiazole rings is 1. The van der Waals surface area contributed by atoms with Gasteiger partial charge in [-0.1, -0.05) is 53.3 Å². The van der Waals surface area contributed by atoms with Crippen LogP contribution in [0.4, 0.5) is 24.1 Å². The number of carboxylic acid groups (broad SMARTS) is 2. The Kier molecular flexibility index (Phi) is 8.08. The first-order valence-electron chi connectivity index (χ1n) is 11.6. The van der Waals surface area contributed by atoms with Crippen molar-refractivity contribution in [1.82, 2.24) is 4.98 Å². The molecule has 1 aliphatic rings. The highest BCUT2D eigenvalue weighted by Gasteiger charge is 2.38. The van der Waals surface area contributed by atoms with Crippen molar-refractivity contribution in [2.75, 3.05) is 10.2 Å². The summed E-state index contributed by atoms with van der Waals surface area (Å²) in [4.78, 5) is 39.4. The number of aromatic nitrogens is 1. The highest BCUT2D eigenvalue weighted by molar-refractivity contribution is 7.19. The molecule has 2 aromatic carbocycles. The van der Waals surface area contributed by atoms with Crippen molar-refractivity contribution in [2.45, 2.75) is 39.2 Å². The first kappa shape index (κ1) is 28.9. The lowest BCUT2D eigenvalue weighted by Crippen LogP contribution is -2.21. The number of carbonyl (C=O) groups is 2. The number of benzene rings is 2. The van der Waals surface area contributed by atoms with Crippen LogP contribution in [0.5, 0.6) is 0 Å². The van der Waals surface area contributed by atoms with Gasteiger partial charge in [-0.05, 0) is 36.6 Å². The summed E-state index contributed by atoms with van der Waals surface area (Å²) in [6.07, 6.45) is -5.08. The lowest BCUT2D eigenvalue weighted by atomic mass is 10.0. The molecule has 9 nitrogen and oxygen atoms in total. The minimum atomic E-state index is -5.08. The number of anilines is 2. The van der Waals surface area contributed by atoms with Crippen LogP contribution in [0.3, 0.4) is 0 Å². The Hall–Kier alpha value is -4.10. The molecule has 4 aromatic rings. The highest BCUT2D eigenvalue weighted by atomic mass is 35.5. The Morgan fingerprint density at radius 2 is 1.75 bits per heavy atom. The Balaban J connectivity index is 0.000000470. The van der Waals surface area contributed by atoms with Crippen LogP contribution in [0.25, 0.3) is 11.0 Å². The quantitative estimate of drug-likeness (QED) is 0.245. The minimum Gasteiger partial charge on any atom is -0.476 e. The van der Waals surface area contributed by atoms with E-state index in [1.165, 1.54) is 11.1 Å². The molecule has 40 heavy (non-hydrogen) atoms. The Labute approximate surface area is 233 Å². The molecule has 0 saturated carbocycles. The molecule has 1 unspecified atom stereocenters. The fourth-order valence-electron chi connectivity index (χ4n) is 4.20. The molecule has 1 atom stereocenters. The van der Waals surface area contributed by atoms with Crippen molar-refractivity contribution in [3.63, 3.8) is 0 Å². The van der Waals surface area contributed by atoms with E-state index >= 15 is 0 Å². The largest absolute Gasteiger partial charge is 0.490 e. The SMILES string of the molecule is Cc1cc(C(C)Nc2sc(Cl)nc2C(=O)O)c2oc(N3Cc4ccccc4C3)cc(=O)c2c1.O=C(O)C(F)(F)F. The second-order valence-corrected chi connectivity index (χ2v) is 10.5. The van der Waals surface area contributed by atoms with Crippen LogP contribution in [0.1, 0.15) is 45.7 Å². The fourth-order valence-corrected chi connectivity index (χ4v) is 5.29. The number of halogens is 4. The number of alkyl halides is 3. The van der Waals surface area contributed by atoms with E-state index in [-0.39, 0.29) is 21.6 Å². The zero-order valence-corrected chi connectivity index (χ0v) is 22.4.